The molecule has 0 N–H and O–H groups in total. The van der Waals surface area contributed by atoms with Gasteiger partial charge < -0.3 is 9.47 Å². The van der Waals surface area contributed by atoms with Gasteiger partial charge in [-0.2, -0.15) is 12.6 Å². The molecule has 3 rings (SSSR count). The van der Waals surface area contributed by atoms with E-state index in [0.717, 1.165) is 25.9 Å². The molecule has 0 aliphatic rings. The molecule has 0 saturated carbocycles. The Morgan fingerprint density at radius 1 is 1.12 bits per heavy atom. The normalized spacial score (nSPS) is 11.0. The smallest absolute Gasteiger partial charge is 0.306 e. The van der Waals surface area contributed by atoms with Crippen molar-refractivity contribution in [2.75, 3.05) is 19.0 Å². The van der Waals surface area contributed by atoms with Crippen LogP contribution in [0, 0.1) is 13.8 Å². The summed E-state index contributed by atoms with van der Waals surface area (Å²) in [4.78, 5) is 24.2. The predicted molar refractivity (Wildman–Crippen MR) is 110 cm³/mol. The Kier molecular flexibility index (Phi) is 5.84. The van der Waals surface area contributed by atoms with Gasteiger partial charge in [-0.15, -0.1) is 11.3 Å². The minimum Gasteiger partial charge on any atom is -0.490 e. The van der Waals surface area contributed by atoms with Gasteiger partial charge in [0.1, 0.15) is 19.0 Å². The monoisotopic (exact) mass is 388 g/mol. The number of hydrogen-bond acceptors (Lipinski definition) is 6. The van der Waals surface area contributed by atoms with Crippen LogP contribution in [0.5, 0.6) is 5.75 Å². The third-order valence-electron chi connectivity index (χ3n) is 4.30. The average Bonchev–Trinajstić information content (AvgIpc) is 2.64. The number of ether oxygens (including phenoxy) is 2. The van der Waals surface area contributed by atoms with E-state index in [2.05, 4.69) is 12.6 Å². The number of hydrogen-bond donors (Lipinski definition) is 1. The number of rotatable bonds is 6. The zero-order chi connectivity index (χ0) is 18.7. The van der Waals surface area contributed by atoms with E-state index in [9.17, 15) is 9.59 Å². The minimum atomic E-state index is -0.287. The topological polar surface area (TPSA) is 52.6 Å². The molecule has 0 radical (unpaired) electrons. The summed E-state index contributed by atoms with van der Waals surface area (Å²) in [5.74, 6) is 0.828. The van der Waals surface area contributed by atoms with E-state index in [1.165, 1.54) is 0 Å². The van der Waals surface area contributed by atoms with Gasteiger partial charge in [-0.05, 0) is 43.2 Å². The second-order valence-electron chi connectivity index (χ2n) is 5.97. The second-order valence-corrected chi connectivity index (χ2v) is 7.47. The van der Waals surface area contributed by atoms with Gasteiger partial charge >= 0.3 is 5.97 Å². The van der Waals surface area contributed by atoms with Crippen molar-refractivity contribution in [2.24, 2.45) is 0 Å². The Bertz CT molecular complexity index is 1020. The number of carbonyl (C=O) groups excluding carboxylic acids is 1. The highest BCUT2D eigenvalue weighted by atomic mass is 32.1. The van der Waals surface area contributed by atoms with Gasteiger partial charge in [-0.3, -0.25) is 9.59 Å². The minimum absolute atomic E-state index is 0.0162. The summed E-state index contributed by atoms with van der Waals surface area (Å²) in [5, 5.41) is 1.39. The summed E-state index contributed by atoms with van der Waals surface area (Å²) in [6.45, 7) is 4.40. The van der Waals surface area contributed by atoms with Crippen LogP contribution in [0.4, 0.5) is 0 Å². The van der Waals surface area contributed by atoms with E-state index in [-0.39, 0.29) is 31.0 Å². The summed E-state index contributed by atoms with van der Waals surface area (Å²) >= 11 is 5.62. The number of benzene rings is 2. The molecule has 2 aromatic carbocycles. The lowest BCUT2D eigenvalue weighted by atomic mass is 10.1. The quantitative estimate of drug-likeness (QED) is 0.296. The molecule has 1 heterocycles. The van der Waals surface area contributed by atoms with Crippen LogP contribution in [0.15, 0.2) is 35.1 Å². The molecule has 0 spiro atoms. The largest absolute Gasteiger partial charge is 0.490 e. The standard InChI is InChI=1S/C20H20O4S2/c1-12-13(2)20-15(19(22)14-5-3-4-6-17(14)26-20)11-16(12)23-8-9-24-18(21)7-10-25/h3-6,11,25H,7-10H2,1-2H3. The molecule has 0 aliphatic carbocycles. The van der Waals surface area contributed by atoms with Crippen LogP contribution in [0.25, 0.3) is 20.2 Å². The molecule has 1 aromatic heterocycles. The Balaban J connectivity index is 1.91. The molecular weight excluding hydrogens is 368 g/mol. The molecule has 0 bridgehead atoms. The fourth-order valence-electron chi connectivity index (χ4n) is 2.78. The lowest BCUT2D eigenvalue weighted by Crippen LogP contribution is -2.13. The summed E-state index contributed by atoms with van der Waals surface area (Å²) in [6.07, 6.45) is 0.283. The van der Waals surface area contributed by atoms with Gasteiger partial charge in [0.05, 0.1) is 6.42 Å². The Hall–Kier alpha value is -2.05. The van der Waals surface area contributed by atoms with Crippen LogP contribution < -0.4 is 10.2 Å². The van der Waals surface area contributed by atoms with Gasteiger partial charge in [0.25, 0.3) is 0 Å². The molecule has 26 heavy (non-hydrogen) atoms. The fourth-order valence-corrected chi connectivity index (χ4v) is 4.17. The van der Waals surface area contributed by atoms with Crippen molar-refractivity contribution < 1.29 is 14.3 Å². The van der Waals surface area contributed by atoms with E-state index in [4.69, 9.17) is 9.47 Å². The number of carbonyl (C=O) groups is 1. The van der Waals surface area contributed by atoms with Crippen LogP contribution in [0.1, 0.15) is 17.5 Å². The summed E-state index contributed by atoms with van der Waals surface area (Å²) in [6, 6.07) is 9.45. The van der Waals surface area contributed by atoms with E-state index >= 15 is 0 Å². The summed E-state index contributed by atoms with van der Waals surface area (Å²) < 4.78 is 12.8. The van der Waals surface area contributed by atoms with Gasteiger partial charge in [-0.1, -0.05) is 12.1 Å². The zero-order valence-corrected chi connectivity index (χ0v) is 16.4. The van der Waals surface area contributed by atoms with Gasteiger partial charge in [0.2, 0.25) is 0 Å². The number of fused-ring (bicyclic) bond motifs is 2. The van der Waals surface area contributed by atoms with Crippen molar-refractivity contribution >= 4 is 50.1 Å². The highest BCUT2D eigenvalue weighted by Gasteiger charge is 2.13. The maximum absolute atomic E-state index is 12.9. The highest BCUT2D eigenvalue weighted by molar-refractivity contribution is 7.80. The molecule has 6 heteroatoms. The zero-order valence-electron chi connectivity index (χ0n) is 14.7. The molecule has 0 amide bonds. The average molecular weight is 389 g/mol. The van der Waals surface area contributed by atoms with Crippen LogP contribution in [-0.4, -0.2) is 24.9 Å². The lowest BCUT2D eigenvalue weighted by molar-refractivity contribution is -0.143. The van der Waals surface area contributed by atoms with Crippen molar-refractivity contribution in [3.8, 4) is 5.75 Å². The molecule has 3 aromatic rings. The molecule has 0 saturated heterocycles. The first-order chi connectivity index (χ1) is 12.5. The Morgan fingerprint density at radius 3 is 2.65 bits per heavy atom. The van der Waals surface area contributed by atoms with E-state index in [0.29, 0.717) is 16.9 Å². The van der Waals surface area contributed by atoms with Crippen LogP contribution in [0.3, 0.4) is 0 Å². The van der Waals surface area contributed by atoms with Crippen LogP contribution >= 0.6 is 24.0 Å². The first kappa shape index (κ1) is 18.7. The van der Waals surface area contributed by atoms with Crippen LogP contribution in [-0.2, 0) is 9.53 Å². The van der Waals surface area contributed by atoms with Crippen LogP contribution in [0.2, 0.25) is 0 Å². The first-order valence-corrected chi connectivity index (χ1v) is 9.83. The maximum Gasteiger partial charge on any atom is 0.306 e. The first-order valence-electron chi connectivity index (χ1n) is 8.38. The summed E-state index contributed by atoms with van der Waals surface area (Å²) in [5.41, 5.74) is 2.05. The molecule has 4 nitrogen and oxygen atoms in total. The van der Waals surface area contributed by atoms with Crippen molar-refractivity contribution in [2.45, 2.75) is 20.3 Å². The second kappa shape index (κ2) is 8.10. The fraction of sp³-hybridized carbons (Fsp3) is 0.300. The molecule has 0 aliphatic heterocycles. The van der Waals surface area contributed by atoms with Gasteiger partial charge in [-0.25, -0.2) is 0 Å². The van der Waals surface area contributed by atoms with Gasteiger partial charge in [0.15, 0.2) is 5.43 Å². The number of thiol groups is 1. The summed E-state index contributed by atoms with van der Waals surface area (Å²) in [7, 11) is 0. The predicted octanol–water partition coefficient (Wildman–Crippen LogP) is 4.27. The maximum atomic E-state index is 12.9. The Morgan fingerprint density at radius 2 is 1.88 bits per heavy atom. The number of aryl methyl sites for hydroxylation is 1. The Labute approximate surface area is 161 Å². The molecule has 0 unspecified atom stereocenters. The molecule has 136 valence electrons. The van der Waals surface area contributed by atoms with E-state index in [1.54, 1.807) is 17.4 Å². The lowest BCUT2D eigenvalue weighted by Gasteiger charge is -2.14. The molecule has 0 fully saturated rings. The SMILES string of the molecule is Cc1c(OCCOC(=O)CCS)cc2c(=O)c3ccccc3sc2c1C. The third kappa shape index (κ3) is 3.71. The number of esters is 1. The molecular formula is C20H20O4S2. The molecule has 0 atom stereocenters. The van der Waals surface area contributed by atoms with Crippen molar-refractivity contribution in [3.05, 3.63) is 51.7 Å². The van der Waals surface area contributed by atoms with Crippen molar-refractivity contribution in [1.82, 2.24) is 0 Å². The highest BCUT2D eigenvalue weighted by Crippen LogP contribution is 2.33. The van der Waals surface area contributed by atoms with Crippen molar-refractivity contribution in [1.29, 1.82) is 0 Å². The van der Waals surface area contributed by atoms with E-state index < -0.39 is 0 Å². The van der Waals surface area contributed by atoms with E-state index in [1.807, 2.05) is 38.1 Å². The third-order valence-corrected chi connectivity index (χ3v) is 5.83. The van der Waals surface area contributed by atoms with Gasteiger partial charge in [0, 0.05) is 25.9 Å². The van der Waals surface area contributed by atoms with Crippen molar-refractivity contribution in [3.63, 3.8) is 0 Å².